The van der Waals surface area contributed by atoms with E-state index < -0.39 is 6.61 Å². The largest absolute Gasteiger partial charge is 0.497 e. The van der Waals surface area contributed by atoms with Gasteiger partial charge in [0.2, 0.25) is 0 Å². The molecular formula is C9H9N4O2. The van der Waals surface area contributed by atoms with Crippen molar-refractivity contribution in [1.29, 1.82) is 0 Å². The van der Waals surface area contributed by atoms with E-state index in [1.807, 2.05) is 0 Å². The summed E-state index contributed by atoms with van der Waals surface area (Å²) in [6.45, 7) is -0.445. The maximum absolute atomic E-state index is 10.7. The zero-order valence-corrected chi connectivity index (χ0v) is 8.12. The zero-order chi connectivity index (χ0) is 10.7. The molecule has 0 aliphatic heterocycles. The summed E-state index contributed by atoms with van der Waals surface area (Å²) in [5, 5.41) is 21.5. The van der Waals surface area contributed by atoms with E-state index in [0.29, 0.717) is 5.82 Å². The van der Waals surface area contributed by atoms with Crippen molar-refractivity contribution in [1.82, 2.24) is 20.2 Å². The van der Waals surface area contributed by atoms with E-state index in [1.165, 1.54) is 4.68 Å². The molecule has 0 atom stereocenters. The minimum atomic E-state index is -0.445. The summed E-state index contributed by atoms with van der Waals surface area (Å²) >= 11 is 0. The lowest BCUT2D eigenvalue weighted by atomic mass is 10.3. The van der Waals surface area contributed by atoms with Crippen molar-refractivity contribution in [3.63, 3.8) is 0 Å². The van der Waals surface area contributed by atoms with Gasteiger partial charge in [-0.25, -0.2) is 5.11 Å². The first-order chi connectivity index (χ1) is 7.35. The van der Waals surface area contributed by atoms with Gasteiger partial charge in [0.1, 0.15) is 12.4 Å². The Morgan fingerprint density at radius 2 is 2.07 bits per heavy atom. The van der Waals surface area contributed by atoms with E-state index in [-0.39, 0.29) is 0 Å². The van der Waals surface area contributed by atoms with Crippen LogP contribution in [0.2, 0.25) is 0 Å². The SMILES string of the molecule is COc1ccc(-n2nnnc2C[O])cc1. The maximum Gasteiger partial charge on any atom is 0.185 e. The topological polar surface area (TPSA) is 72.7 Å². The Hall–Kier alpha value is -1.95. The standard InChI is InChI=1S/C9H9N4O2/c1-15-8-4-2-7(3-5-8)13-9(6-14)10-11-12-13/h2-5H,6H2,1H3. The van der Waals surface area contributed by atoms with E-state index in [4.69, 9.17) is 4.74 Å². The van der Waals surface area contributed by atoms with Crippen LogP contribution in [-0.4, -0.2) is 27.3 Å². The van der Waals surface area contributed by atoms with Gasteiger partial charge in [-0.2, -0.15) is 4.68 Å². The van der Waals surface area contributed by atoms with Gasteiger partial charge in [0.15, 0.2) is 5.82 Å². The van der Waals surface area contributed by atoms with Gasteiger partial charge in [0.05, 0.1) is 12.8 Å². The number of hydrogen-bond donors (Lipinski definition) is 0. The number of rotatable bonds is 3. The first kappa shape index (κ1) is 9.60. The lowest BCUT2D eigenvalue weighted by Crippen LogP contribution is -2.02. The van der Waals surface area contributed by atoms with Crippen LogP contribution >= 0.6 is 0 Å². The van der Waals surface area contributed by atoms with Crippen LogP contribution in [0, 0.1) is 0 Å². The molecule has 1 heterocycles. The maximum atomic E-state index is 10.7. The van der Waals surface area contributed by atoms with Crippen molar-refractivity contribution in [2.24, 2.45) is 0 Å². The molecule has 0 aliphatic rings. The fourth-order valence-electron chi connectivity index (χ4n) is 1.22. The summed E-state index contributed by atoms with van der Waals surface area (Å²) in [4.78, 5) is 0. The molecule has 0 saturated heterocycles. The van der Waals surface area contributed by atoms with Gasteiger partial charge >= 0.3 is 0 Å². The average Bonchev–Trinajstić information content (AvgIpc) is 2.77. The molecule has 1 radical (unpaired) electrons. The fourth-order valence-corrected chi connectivity index (χ4v) is 1.22. The second-order valence-electron chi connectivity index (χ2n) is 2.85. The summed E-state index contributed by atoms with van der Waals surface area (Å²) in [5.41, 5.74) is 0.742. The van der Waals surface area contributed by atoms with Crippen LogP contribution in [0.1, 0.15) is 5.82 Å². The smallest absolute Gasteiger partial charge is 0.185 e. The third kappa shape index (κ3) is 1.79. The molecule has 6 nitrogen and oxygen atoms in total. The number of nitrogens with zero attached hydrogens (tertiary/aromatic N) is 4. The number of tetrazole rings is 1. The van der Waals surface area contributed by atoms with E-state index in [0.717, 1.165) is 11.4 Å². The summed E-state index contributed by atoms with van der Waals surface area (Å²) in [6.07, 6.45) is 0. The van der Waals surface area contributed by atoms with E-state index >= 15 is 0 Å². The van der Waals surface area contributed by atoms with Crippen LogP contribution in [0.3, 0.4) is 0 Å². The third-order valence-corrected chi connectivity index (χ3v) is 1.98. The summed E-state index contributed by atoms with van der Waals surface area (Å²) < 4.78 is 6.43. The molecule has 77 valence electrons. The molecule has 2 aromatic rings. The lowest BCUT2D eigenvalue weighted by molar-refractivity contribution is 0.167. The van der Waals surface area contributed by atoms with Gasteiger partial charge in [-0.3, -0.25) is 0 Å². The van der Waals surface area contributed by atoms with E-state index in [2.05, 4.69) is 15.5 Å². The lowest BCUT2D eigenvalue weighted by Gasteiger charge is -2.03. The molecule has 0 bridgehead atoms. The van der Waals surface area contributed by atoms with Crippen molar-refractivity contribution in [2.75, 3.05) is 7.11 Å². The number of methoxy groups -OCH3 is 1. The van der Waals surface area contributed by atoms with Gasteiger partial charge in [0, 0.05) is 0 Å². The molecule has 1 aromatic carbocycles. The zero-order valence-electron chi connectivity index (χ0n) is 8.12. The van der Waals surface area contributed by atoms with Gasteiger partial charge < -0.3 is 4.74 Å². The second kappa shape index (κ2) is 4.05. The van der Waals surface area contributed by atoms with E-state index in [1.54, 1.807) is 31.4 Å². The number of ether oxygens (including phenoxy) is 1. The molecule has 0 fully saturated rings. The fraction of sp³-hybridized carbons (Fsp3) is 0.222. The third-order valence-electron chi connectivity index (χ3n) is 1.98. The Bertz CT molecular complexity index is 438. The molecule has 1 aromatic heterocycles. The monoisotopic (exact) mass is 205 g/mol. The Kier molecular flexibility index (Phi) is 2.59. The summed E-state index contributed by atoms with van der Waals surface area (Å²) in [7, 11) is 1.59. The van der Waals surface area contributed by atoms with Gasteiger partial charge in [0.25, 0.3) is 0 Å². The highest BCUT2D eigenvalue weighted by Crippen LogP contribution is 2.14. The quantitative estimate of drug-likeness (QED) is 0.735. The number of benzene rings is 1. The average molecular weight is 205 g/mol. The van der Waals surface area contributed by atoms with Crippen molar-refractivity contribution in [2.45, 2.75) is 6.61 Å². The summed E-state index contributed by atoms with van der Waals surface area (Å²) in [6, 6.07) is 7.14. The van der Waals surface area contributed by atoms with Crippen LogP contribution in [0.25, 0.3) is 5.69 Å². The molecule has 0 amide bonds. The van der Waals surface area contributed by atoms with Crippen molar-refractivity contribution >= 4 is 0 Å². The summed E-state index contributed by atoms with van der Waals surface area (Å²) in [5.74, 6) is 1.04. The predicted octanol–water partition coefficient (Wildman–Crippen LogP) is 0.601. The molecule has 0 saturated carbocycles. The Morgan fingerprint density at radius 1 is 1.33 bits per heavy atom. The van der Waals surface area contributed by atoms with Crippen molar-refractivity contribution < 1.29 is 9.84 Å². The molecule has 6 heteroatoms. The minimum absolute atomic E-state index is 0.292. The van der Waals surface area contributed by atoms with Crippen LogP contribution in [-0.2, 0) is 11.7 Å². The van der Waals surface area contributed by atoms with Gasteiger partial charge in [-0.05, 0) is 34.7 Å². The molecule has 0 unspecified atom stereocenters. The first-order valence-electron chi connectivity index (χ1n) is 4.35. The molecular weight excluding hydrogens is 196 g/mol. The van der Waals surface area contributed by atoms with Crippen molar-refractivity contribution in [3.05, 3.63) is 30.1 Å². The highest BCUT2D eigenvalue weighted by Gasteiger charge is 2.06. The van der Waals surface area contributed by atoms with Crippen LogP contribution in [0.5, 0.6) is 5.75 Å². The van der Waals surface area contributed by atoms with Crippen LogP contribution < -0.4 is 4.74 Å². The second-order valence-corrected chi connectivity index (χ2v) is 2.85. The van der Waals surface area contributed by atoms with Gasteiger partial charge in [-0.1, -0.05) is 0 Å². The number of hydrogen-bond acceptors (Lipinski definition) is 4. The van der Waals surface area contributed by atoms with Crippen molar-refractivity contribution in [3.8, 4) is 11.4 Å². The highest BCUT2D eigenvalue weighted by atomic mass is 16.5. The normalized spacial score (nSPS) is 10.3. The molecule has 0 N–H and O–H groups in total. The first-order valence-corrected chi connectivity index (χ1v) is 4.35. The highest BCUT2D eigenvalue weighted by molar-refractivity contribution is 5.36. The predicted molar refractivity (Wildman–Crippen MR) is 50.1 cm³/mol. The Balaban J connectivity index is 2.37. The van der Waals surface area contributed by atoms with E-state index in [9.17, 15) is 5.11 Å². The van der Waals surface area contributed by atoms with Crippen LogP contribution in [0.4, 0.5) is 0 Å². The number of aromatic nitrogens is 4. The Morgan fingerprint density at radius 3 is 2.67 bits per heavy atom. The molecule has 0 spiro atoms. The minimum Gasteiger partial charge on any atom is -0.497 e. The molecule has 15 heavy (non-hydrogen) atoms. The Labute approximate surface area is 86.1 Å². The van der Waals surface area contributed by atoms with Gasteiger partial charge in [-0.15, -0.1) is 5.10 Å². The molecule has 2 rings (SSSR count). The van der Waals surface area contributed by atoms with Crippen LogP contribution in [0.15, 0.2) is 24.3 Å². The molecule has 0 aliphatic carbocycles.